The number of aromatic carboxylic acids is 1. The monoisotopic (exact) mass is 459 g/mol. The normalized spacial score (nSPS) is 11.9. The van der Waals surface area contributed by atoms with Gasteiger partial charge in [0.25, 0.3) is 10.0 Å². The van der Waals surface area contributed by atoms with Crippen LogP contribution in [0.4, 0.5) is 5.95 Å². The second-order valence-electron chi connectivity index (χ2n) is 8.07. The van der Waals surface area contributed by atoms with E-state index in [1.54, 1.807) is 0 Å². The third kappa shape index (κ3) is 4.86. The van der Waals surface area contributed by atoms with Gasteiger partial charge in [-0.05, 0) is 36.1 Å². The summed E-state index contributed by atoms with van der Waals surface area (Å²) >= 11 is 6.50. The van der Waals surface area contributed by atoms with Crippen LogP contribution in [0.2, 0.25) is 5.15 Å². The molecule has 2 N–H and O–H groups in total. The number of aromatic nitrogens is 2. The van der Waals surface area contributed by atoms with Gasteiger partial charge in [-0.1, -0.05) is 62.7 Å². The lowest BCUT2D eigenvalue weighted by Crippen LogP contribution is -2.20. The minimum Gasteiger partial charge on any atom is -0.478 e. The van der Waals surface area contributed by atoms with E-state index < -0.39 is 21.4 Å². The number of nitrogens with one attached hydrogen (secondary N) is 1. The average molecular weight is 460 g/mol. The second-order valence-corrected chi connectivity index (χ2v) is 10.1. The number of anilines is 1. The molecule has 1 heterocycles. The van der Waals surface area contributed by atoms with Crippen molar-refractivity contribution in [3.63, 3.8) is 0 Å². The van der Waals surface area contributed by atoms with Crippen molar-refractivity contribution in [2.24, 2.45) is 0 Å². The van der Waals surface area contributed by atoms with Crippen LogP contribution < -0.4 is 4.72 Å². The van der Waals surface area contributed by atoms with Gasteiger partial charge in [0.05, 0.1) is 16.2 Å². The molecular weight excluding hydrogens is 438 g/mol. The first-order valence-electron chi connectivity index (χ1n) is 9.40. The lowest BCUT2D eigenvalue weighted by molar-refractivity contribution is 0.0696. The average Bonchev–Trinajstić information content (AvgIpc) is 2.66. The molecule has 0 spiro atoms. The van der Waals surface area contributed by atoms with Gasteiger partial charge >= 0.3 is 5.97 Å². The third-order valence-electron chi connectivity index (χ3n) is 4.63. The summed E-state index contributed by atoms with van der Waals surface area (Å²) in [7, 11) is -4.14. The first-order chi connectivity index (χ1) is 14.4. The molecule has 0 amide bonds. The lowest BCUT2D eigenvalue weighted by atomic mass is 9.84. The molecule has 0 fully saturated rings. The summed E-state index contributed by atoms with van der Waals surface area (Å²) in [4.78, 5) is 19.6. The molecule has 162 valence electrons. The van der Waals surface area contributed by atoms with Crippen LogP contribution in [0.1, 0.15) is 42.3 Å². The summed E-state index contributed by atoms with van der Waals surface area (Å²) in [5, 5.41) is 9.28. The van der Waals surface area contributed by atoms with Crippen LogP contribution in [0.15, 0.2) is 53.4 Å². The highest BCUT2D eigenvalue weighted by atomic mass is 35.5. The van der Waals surface area contributed by atoms with Crippen LogP contribution in [-0.2, 0) is 15.4 Å². The van der Waals surface area contributed by atoms with Crippen LogP contribution in [0.5, 0.6) is 0 Å². The van der Waals surface area contributed by atoms with Gasteiger partial charge in [0, 0.05) is 11.1 Å². The maximum absolute atomic E-state index is 12.9. The van der Waals surface area contributed by atoms with Crippen molar-refractivity contribution in [2.75, 3.05) is 4.72 Å². The Morgan fingerprint density at radius 2 is 1.74 bits per heavy atom. The molecule has 0 radical (unpaired) electrons. The van der Waals surface area contributed by atoms with Crippen LogP contribution in [0, 0.1) is 6.92 Å². The van der Waals surface area contributed by atoms with Gasteiger partial charge in [-0.3, -0.25) is 0 Å². The van der Waals surface area contributed by atoms with Crippen molar-refractivity contribution >= 4 is 33.5 Å². The van der Waals surface area contributed by atoms with Crippen molar-refractivity contribution < 1.29 is 18.3 Å². The number of sulfonamides is 1. The SMILES string of the molecule is Cc1ccccc1-c1nc(NS(=O)(=O)c2cccc(C(=O)O)c2)nc(Cl)c1C(C)(C)C. The van der Waals surface area contributed by atoms with E-state index in [0.29, 0.717) is 11.3 Å². The highest BCUT2D eigenvalue weighted by molar-refractivity contribution is 7.92. The molecule has 31 heavy (non-hydrogen) atoms. The van der Waals surface area contributed by atoms with Crippen molar-refractivity contribution in [3.8, 4) is 11.3 Å². The Hall–Kier alpha value is -2.97. The molecule has 7 nitrogen and oxygen atoms in total. The molecule has 3 aromatic rings. The minimum absolute atomic E-state index is 0.137. The molecule has 0 saturated heterocycles. The Morgan fingerprint density at radius 1 is 1.06 bits per heavy atom. The fourth-order valence-electron chi connectivity index (χ4n) is 3.15. The molecule has 3 rings (SSSR count). The molecule has 1 aromatic heterocycles. The van der Waals surface area contributed by atoms with E-state index in [1.165, 1.54) is 18.2 Å². The molecule has 2 aromatic carbocycles. The topological polar surface area (TPSA) is 109 Å². The van der Waals surface area contributed by atoms with E-state index in [-0.39, 0.29) is 21.6 Å². The standard InChI is InChI=1S/C22H22ClN3O4S/c1-13-8-5-6-11-16(13)18-17(22(2,3)4)19(23)25-21(24-18)26-31(29,30)15-10-7-9-14(12-15)20(27)28/h5-12H,1-4H3,(H,27,28)(H,24,25,26). The van der Waals surface area contributed by atoms with E-state index in [1.807, 2.05) is 52.0 Å². The van der Waals surface area contributed by atoms with Gasteiger partial charge in [0.1, 0.15) is 5.15 Å². The molecule has 0 unspecified atom stereocenters. The van der Waals surface area contributed by atoms with Crippen molar-refractivity contribution in [1.29, 1.82) is 0 Å². The number of hydrogen-bond acceptors (Lipinski definition) is 5. The lowest BCUT2D eigenvalue weighted by Gasteiger charge is -2.24. The molecule has 0 atom stereocenters. The number of rotatable bonds is 5. The Kier molecular flexibility index (Phi) is 6.07. The molecular formula is C22H22ClN3O4S. The van der Waals surface area contributed by atoms with Crippen molar-refractivity contribution in [3.05, 3.63) is 70.4 Å². The van der Waals surface area contributed by atoms with Gasteiger partial charge in [0.15, 0.2) is 0 Å². The Labute approximate surface area is 186 Å². The number of benzene rings is 2. The van der Waals surface area contributed by atoms with Crippen LogP contribution in [-0.4, -0.2) is 29.5 Å². The van der Waals surface area contributed by atoms with Gasteiger partial charge in [-0.15, -0.1) is 0 Å². The highest BCUT2D eigenvalue weighted by Crippen LogP contribution is 2.38. The largest absolute Gasteiger partial charge is 0.478 e. The zero-order valence-corrected chi connectivity index (χ0v) is 19.0. The Balaban J connectivity index is 2.14. The number of carboxylic acids is 1. The van der Waals surface area contributed by atoms with E-state index in [9.17, 15) is 13.2 Å². The molecule has 9 heteroatoms. The maximum Gasteiger partial charge on any atom is 0.335 e. The van der Waals surface area contributed by atoms with E-state index in [2.05, 4.69) is 14.7 Å². The summed E-state index contributed by atoms with van der Waals surface area (Å²) in [5.74, 6) is -1.43. The first-order valence-corrected chi connectivity index (χ1v) is 11.3. The predicted octanol–water partition coefficient (Wildman–Crippen LogP) is 4.90. The first kappa shape index (κ1) is 22.7. The zero-order valence-electron chi connectivity index (χ0n) is 17.5. The highest BCUT2D eigenvalue weighted by Gasteiger charge is 2.27. The Morgan fingerprint density at radius 3 is 2.35 bits per heavy atom. The smallest absolute Gasteiger partial charge is 0.335 e. The van der Waals surface area contributed by atoms with Crippen LogP contribution in [0.25, 0.3) is 11.3 Å². The van der Waals surface area contributed by atoms with E-state index in [0.717, 1.165) is 17.2 Å². The molecule has 0 aliphatic carbocycles. The van der Waals surface area contributed by atoms with Gasteiger partial charge in [-0.25, -0.2) is 22.9 Å². The third-order valence-corrected chi connectivity index (χ3v) is 6.23. The fraction of sp³-hybridized carbons (Fsp3) is 0.227. The number of carbonyl (C=O) groups is 1. The quantitative estimate of drug-likeness (QED) is 0.525. The van der Waals surface area contributed by atoms with Crippen LogP contribution in [0.3, 0.4) is 0 Å². The van der Waals surface area contributed by atoms with E-state index in [4.69, 9.17) is 16.7 Å². The zero-order chi connectivity index (χ0) is 23.0. The summed E-state index contributed by atoms with van der Waals surface area (Å²) in [6.07, 6.45) is 0. The summed E-state index contributed by atoms with van der Waals surface area (Å²) < 4.78 is 28.0. The second kappa shape index (κ2) is 8.28. The number of aryl methyl sites for hydroxylation is 1. The Bertz CT molecular complexity index is 1270. The van der Waals surface area contributed by atoms with E-state index >= 15 is 0 Å². The molecule has 0 bridgehead atoms. The van der Waals surface area contributed by atoms with Gasteiger partial charge in [0.2, 0.25) is 5.95 Å². The maximum atomic E-state index is 12.9. The number of halogens is 1. The summed E-state index contributed by atoms with van der Waals surface area (Å²) in [6, 6.07) is 12.6. The number of carboxylic acid groups (broad SMARTS) is 1. The van der Waals surface area contributed by atoms with Crippen molar-refractivity contribution in [2.45, 2.75) is 38.0 Å². The predicted molar refractivity (Wildman–Crippen MR) is 120 cm³/mol. The molecule has 0 aliphatic heterocycles. The fourth-order valence-corrected chi connectivity index (χ4v) is 4.59. The summed E-state index contributed by atoms with van der Waals surface area (Å²) in [6.45, 7) is 7.85. The van der Waals surface area contributed by atoms with Gasteiger partial charge < -0.3 is 5.11 Å². The van der Waals surface area contributed by atoms with Crippen molar-refractivity contribution in [1.82, 2.24) is 9.97 Å². The van der Waals surface area contributed by atoms with Crippen LogP contribution >= 0.6 is 11.6 Å². The molecule has 0 saturated carbocycles. The minimum atomic E-state index is -4.14. The number of hydrogen-bond donors (Lipinski definition) is 2. The summed E-state index contributed by atoms with van der Waals surface area (Å²) in [5.41, 5.74) is 2.44. The molecule has 0 aliphatic rings. The number of nitrogens with zero attached hydrogens (tertiary/aromatic N) is 2. The van der Waals surface area contributed by atoms with Gasteiger partial charge in [-0.2, -0.15) is 4.98 Å².